The molecule has 1 rings (SSSR count). The molecule has 1 aromatic carbocycles. The van der Waals surface area contributed by atoms with Crippen molar-refractivity contribution in [3.63, 3.8) is 0 Å². The minimum atomic E-state index is -4.17. The van der Waals surface area contributed by atoms with Crippen LogP contribution in [-0.2, 0) is 9.53 Å². The number of carbonyl (C=O) groups excluding carboxylic acids is 2. The number of alkyl halides is 2. The van der Waals surface area contributed by atoms with Crippen LogP contribution in [0, 0.1) is 6.92 Å². The summed E-state index contributed by atoms with van der Waals surface area (Å²) < 4.78 is 31.4. The van der Waals surface area contributed by atoms with Crippen molar-refractivity contribution < 1.29 is 23.1 Å². The van der Waals surface area contributed by atoms with Crippen LogP contribution in [0.3, 0.4) is 0 Å². The maximum absolute atomic E-state index is 13.5. The summed E-state index contributed by atoms with van der Waals surface area (Å²) in [7, 11) is 0. The van der Waals surface area contributed by atoms with Crippen molar-refractivity contribution in [3.8, 4) is 0 Å². The molecule has 6 heteroatoms. The van der Waals surface area contributed by atoms with E-state index in [1.54, 1.807) is 6.92 Å². The standard InChI is InChI=1S/C12H11BrF2O3/c1-3-18-11(17)12(14,15)10(16)8-5-4-7(2)6-9(8)13/h4-6H,3H2,1-2H3. The normalized spacial score (nSPS) is 11.2. The van der Waals surface area contributed by atoms with Crippen LogP contribution in [0.25, 0.3) is 0 Å². The maximum Gasteiger partial charge on any atom is 0.404 e. The molecule has 98 valence electrons. The second-order valence-corrected chi connectivity index (χ2v) is 4.46. The Hall–Kier alpha value is -1.30. The Morgan fingerprint density at radius 1 is 1.39 bits per heavy atom. The fourth-order valence-corrected chi connectivity index (χ4v) is 1.96. The van der Waals surface area contributed by atoms with E-state index in [2.05, 4.69) is 20.7 Å². The monoisotopic (exact) mass is 320 g/mol. The van der Waals surface area contributed by atoms with Gasteiger partial charge >= 0.3 is 11.9 Å². The van der Waals surface area contributed by atoms with Gasteiger partial charge in [-0.1, -0.05) is 22.0 Å². The number of hydrogen-bond acceptors (Lipinski definition) is 3. The lowest BCUT2D eigenvalue weighted by Gasteiger charge is -2.14. The summed E-state index contributed by atoms with van der Waals surface area (Å²) in [5.41, 5.74) is 0.552. The van der Waals surface area contributed by atoms with Crippen molar-refractivity contribution in [1.29, 1.82) is 0 Å². The summed E-state index contributed by atoms with van der Waals surface area (Å²) in [6, 6.07) is 4.28. The number of esters is 1. The van der Waals surface area contributed by atoms with Gasteiger partial charge in [-0.05, 0) is 31.5 Å². The van der Waals surface area contributed by atoms with Gasteiger partial charge in [0.15, 0.2) is 0 Å². The first-order valence-corrected chi connectivity index (χ1v) is 5.96. The Balaban J connectivity index is 3.09. The highest BCUT2D eigenvalue weighted by atomic mass is 79.9. The average molecular weight is 321 g/mol. The zero-order chi connectivity index (χ0) is 13.9. The first-order chi connectivity index (χ1) is 8.30. The molecule has 18 heavy (non-hydrogen) atoms. The first kappa shape index (κ1) is 14.8. The summed E-state index contributed by atoms with van der Waals surface area (Å²) in [5, 5.41) is 0. The predicted octanol–water partition coefficient (Wildman–Crippen LogP) is 3.14. The molecule has 0 atom stereocenters. The fourth-order valence-electron chi connectivity index (χ4n) is 1.29. The number of halogens is 3. The van der Waals surface area contributed by atoms with Crippen LogP contribution >= 0.6 is 15.9 Å². The Morgan fingerprint density at radius 3 is 2.50 bits per heavy atom. The molecular weight excluding hydrogens is 310 g/mol. The molecule has 0 unspecified atom stereocenters. The van der Waals surface area contributed by atoms with E-state index in [1.165, 1.54) is 25.1 Å². The first-order valence-electron chi connectivity index (χ1n) is 5.16. The summed E-state index contributed by atoms with van der Waals surface area (Å²) >= 11 is 3.02. The highest BCUT2D eigenvalue weighted by Gasteiger charge is 2.49. The third-order valence-corrected chi connectivity index (χ3v) is 2.84. The Morgan fingerprint density at radius 2 is 2.00 bits per heavy atom. The molecule has 0 heterocycles. The summed E-state index contributed by atoms with van der Waals surface area (Å²) in [6.45, 7) is 2.93. The molecule has 0 aromatic heterocycles. The SMILES string of the molecule is CCOC(=O)C(F)(F)C(=O)c1ccc(C)cc1Br. The Bertz CT molecular complexity index is 486. The second-order valence-electron chi connectivity index (χ2n) is 3.61. The predicted molar refractivity (Wildman–Crippen MR) is 64.8 cm³/mol. The van der Waals surface area contributed by atoms with Crippen LogP contribution in [0.1, 0.15) is 22.8 Å². The van der Waals surface area contributed by atoms with Crippen molar-refractivity contribution in [1.82, 2.24) is 0 Å². The quantitative estimate of drug-likeness (QED) is 0.486. The smallest absolute Gasteiger partial charge is 0.404 e. The lowest BCUT2D eigenvalue weighted by molar-refractivity contribution is -0.164. The summed E-state index contributed by atoms with van der Waals surface area (Å²) in [6.07, 6.45) is 0. The van der Waals surface area contributed by atoms with Crippen LogP contribution < -0.4 is 0 Å². The molecule has 0 fully saturated rings. The van der Waals surface area contributed by atoms with Gasteiger partial charge in [0.1, 0.15) is 0 Å². The van der Waals surface area contributed by atoms with Crippen LogP contribution in [0.5, 0.6) is 0 Å². The van der Waals surface area contributed by atoms with Crippen molar-refractivity contribution in [2.75, 3.05) is 6.61 Å². The van der Waals surface area contributed by atoms with E-state index in [0.717, 1.165) is 5.56 Å². The molecule has 0 saturated heterocycles. The van der Waals surface area contributed by atoms with Gasteiger partial charge in [-0.3, -0.25) is 4.79 Å². The van der Waals surface area contributed by atoms with Crippen molar-refractivity contribution in [2.45, 2.75) is 19.8 Å². The largest absolute Gasteiger partial charge is 0.461 e. The van der Waals surface area contributed by atoms with E-state index < -0.39 is 17.7 Å². The van der Waals surface area contributed by atoms with Gasteiger partial charge in [-0.25, -0.2) is 4.79 Å². The minimum Gasteiger partial charge on any atom is -0.461 e. The molecule has 0 aliphatic rings. The second kappa shape index (κ2) is 5.56. The van der Waals surface area contributed by atoms with Gasteiger partial charge in [-0.15, -0.1) is 0 Å². The number of rotatable bonds is 4. The van der Waals surface area contributed by atoms with E-state index in [-0.39, 0.29) is 16.6 Å². The number of ether oxygens (including phenoxy) is 1. The molecule has 0 aliphatic carbocycles. The molecule has 0 radical (unpaired) electrons. The lowest BCUT2D eigenvalue weighted by Crippen LogP contribution is -2.39. The summed E-state index contributed by atoms with van der Waals surface area (Å²) in [4.78, 5) is 22.7. The molecule has 0 aliphatic heterocycles. The number of ketones is 1. The third-order valence-electron chi connectivity index (χ3n) is 2.19. The van der Waals surface area contributed by atoms with Gasteiger partial charge in [-0.2, -0.15) is 8.78 Å². The van der Waals surface area contributed by atoms with E-state index >= 15 is 0 Å². The zero-order valence-electron chi connectivity index (χ0n) is 9.80. The van der Waals surface area contributed by atoms with E-state index in [0.29, 0.717) is 0 Å². The van der Waals surface area contributed by atoms with Gasteiger partial charge < -0.3 is 4.74 Å². The molecule has 0 amide bonds. The topological polar surface area (TPSA) is 43.4 Å². The highest BCUT2D eigenvalue weighted by molar-refractivity contribution is 9.10. The van der Waals surface area contributed by atoms with Gasteiger partial charge in [0.2, 0.25) is 5.78 Å². The van der Waals surface area contributed by atoms with Crippen LogP contribution in [0.15, 0.2) is 22.7 Å². The number of benzene rings is 1. The van der Waals surface area contributed by atoms with E-state index in [9.17, 15) is 18.4 Å². The van der Waals surface area contributed by atoms with Crippen LogP contribution in [0.2, 0.25) is 0 Å². The molecule has 1 aromatic rings. The number of Topliss-reactive ketones (excluding diaryl/α,β-unsaturated/α-hetero) is 1. The van der Waals surface area contributed by atoms with Crippen molar-refractivity contribution >= 4 is 27.7 Å². The van der Waals surface area contributed by atoms with Crippen LogP contribution in [-0.4, -0.2) is 24.3 Å². The minimum absolute atomic E-state index is 0.212. The Kier molecular flexibility index (Phi) is 4.56. The van der Waals surface area contributed by atoms with Gasteiger partial charge in [0.05, 0.1) is 6.61 Å². The van der Waals surface area contributed by atoms with E-state index in [1.807, 2.05) is 0 Å². The molecule has 0 N–H and O–H groups in total. The fraction of sp³-hybridized carbons (Fsp3) is 0.333. The number of carbonyl (C=O) groups is 2. The summed E-state index contributed by atoms with van der Waals surface area (Å²) in [5.74, 6) is -7.58. The molecule has 0 spiro atoms. The zero-order valence-corrected chi connectivity index (χ0v) is 11.4. The lowest BCUT2D eigenvalue weighted by atomic mass is 10.0. The maximum atomic E-state index is 13.5. The van der Waals surface area contributed by atoms with Gasteiger partial charge in [0, 0.05) is 10.0 Å². The van der Waals surface area contributed by atoms with E-state index in [4.69, 9.17) is 0 Å². The molecule has 3 nitrogen and oxygen atoms in total. The van der Waals surface area contributed by atoms with Crippen molar-refractivity contribution in [2.24, 2.45) is 0 Å². The van der Waals surface area contributed by atoms with Crippen molar-refractivity contribution in [3.05, 3.63) is 33.8 Å². The third kappa shape index (κ3) is 2.93. The number of hydrogen-bond donors (Lipinski definition) is 0. The molecule has 0 bridgehead atoms. The molecule has 0 saturated carbocycles. The van der Waals surface area contributed by atoms with Gasteiger partial charge in [0.25, 0.3) is 0 Å². The molecular formula is C12H11BrF2O3. The highest BCUT2D eigenvalue weighted by Crippen LogP contribution is 2.27. The average Bonchev–Trinajstić information content (AvgIpc) is 2.28. The van der Waals surface area contributed by atoms with Crippen LogP contribution in [0.4, 0.5) is 8.78 Å². The Labute approximate surface area is 111 Å². The number of aryl methyl sites for hydroxylation is 1.